The summed E-state index contributed by atoms with van der Waals surface area (Å²) in [6, 6.07) is 4.07. The second-order valence-electron chi connectivity index (χ2n) is 4.93. The fourth-order valence-corrected chi connectivity index (χ4v) is 2.27. The normalized spacial score (nSPS) is 18.0. The first-order valence-electron chi connectivity index (χ1n) is 6.73. The molecule has 1 aliphatic rings. The molecule has 1 aromatic carbocycles. The molecule has 8 nitrogen and oxygen atoms in total. The van der Waals surface area contributed by atoms with Crippen LogP contribution in [0.4, 0.5) is 11.4 Å². The van der Waals surface area contributed by atoms with Gasteiger partial charge >= 0.3 is 0 Å². The number of benzene rings is 1. The molecule has 114 valence electrons. The van der Waals surface area contributed by atoms with Gasteiger partial charge in [0.25, 0.3) is 11.6 Å². The number of carbonyl (C=O) groups excluding carboxylic acids is 1. The first-order valence-corrected chi connectivity index (χ1v) is 6.73. The third kappa shape index (κ3) is 3.89. The van der Waals surface area contributed by atoms with Gasteiger partial charge in [-0.05, 0) is 30.9 Å². The molecule has 0 aliphatic carbocycles. The van der Waals surface area contributed by atoms with Crippen molar-refractivity contribution in [1.29, 1.82) is 0 Å². The van der Waals surface area contributed by atoms with Gasteiger partial charge in [-0.25, -0.2) is 0 Å². The molecule has 0 spiro atoms. The van der Waals surface area contributed by atoms with Gasteiger partial charge in [0.05, 0.1) is 11.5 Å². The smallest absolute Gasteiger partial charge is 0.282 e. The minimum atomic E-state index is -0.584. The van der Waals surface area contributed by atoms with E-state index in [0.717, 1.165) is 19.4 Å². The van der Waals surface area contributed by atoms with Crippen molar-refractivity contribution in [2.24, 2.45) is 11.8 Å². The Morgan fingerprint density at radius 2 is 2.33 bits per heavy atom. The predicted molar refractivity (Wildman–Crippen MR) is 76.8 cm³/mol. The molecule has 8 heteroatoms. The van der Waals surface area contributed by atoms with Crippen LogP contribution in [0.15, 0.2) is 18.2 Å². The summed E-state index contributed by atoms with van der Waals surface area (Å²) in [4.78, 5) is 22.6. The summed E-state index contributed by atoms with van der Waals surface area (Å²) in [7, 11) is 0. The van der Waals surface area contributed by atoms with Gasteiger partial charge in [0, 0.05) is 24.9 Å². The van der Waals surface area contributed by atoms with Crippen molar-refractivity contribution in [3.63, 3.8) is 0 Å². The van der Waals surface area contributed by atoms with E-state index in [1.165, 1.54) is 18.2 Å². The molecule has 1 aromatic rings. The van der Waals surface area contributed by atoms with Gasteiger partial charge in [0.1, 0.15) is 5.56 Å². The second-order valence-corrected chi connectivity index (χ2v) is 4.93. The van der Waals surface area contributed by atoms with Crippen LogP contribution in [0, 0.1) is 16.0 Å². The van der Waals surface area contributed by atoms with Gasteiger partial charge in [-0.1, -0.05) is 0 Å². The fourth-order valence-electron chi connectivity index (χ4n) is 2.27. The number of ether oxygens (including phenoxy) is 1. The van der Waals surface area contributed by atoms with Crippen LogP contribution in [0.5, 0.6) is 0 Å². The minimum absolute atomic E-state index is 0.00724. The molecule has 0 saturated carbocycles. The highest BCUT2D eigenvalue weighted by molar-refractivity contribution is 5.99. The van der Waals surface area contributed by atoms with Gasteiger partial charge in [-0.15, -0.1) is 0 Å². The molecule has 0 aromatic heterocycles. The Balaban J connectivity index is 2.07. The highest BCUT2D eigenvalue weighted by Gasteiger charge is 2.22. The van der Waals surface area contributed by atoms with Crippen molar-refractivity contribution in [2.45, 2.75) is 12.8 Å². The Bertz CT molecular complexity index is 529. The number of nitro benzene ring substituents is 1. The first-order chi connectivity index (χ1) is 10.1. The maximum atomic E-state index is 12.2. The summed E-state index contributed by atoms with van der Waals surface area (Å²) in [5.41, 5.74) is 2.56. The minimum Gasteiger partial charge on any atom is -0.381 e. The third-order valence-electron chi connectivity index (χ3n) is 3.41. The van der Waals surface area contributed by atoms with Crippen LogP contribution < -0.4 is 16.6 Å². The van der Waals surface area contributed by atoms with Crippen LogP contribution >= 0.6 is 0 Å². The zero-order valence-electron chi connectivity index (χ0n) is 11.5. The van der Waals surface area contributed by atoms with Crippen molar-refractivity contribution in [2.75, 3.05) is 25.2 Å². The van der Waals surface area contributed by atoms with E-state index in [9.17, 15) is 14.9 Å². The lowest BCUT2D eigenvalue weighted by Gasteiger charge is -2.22. The third-order valence-corrected chi connectivity index (χ3v) is 3.41. The lowest BCUT2D eigenvalue weighted by molar-refractivity contribution is -0.385. The topological polar surface area (TPSA) is 120 Å². The molecule has 1 unspecified atom stereocenters. The summed E-state index contributed by atoms with van der Waals surface area (Å²) in [6.45, 7) is 1.79. The Morgan fingerprint density at radius 1 is 1.52 bits per heavy atom. The summed E-state index contributed by atoms with van der Waals surface area (Å²) in [5, 5.41) is 13.7. The molecular weight excluding hydrogens is 276 g/mol. The number of anilines is 1. The van der Waals surface area contributed by atoms with E-state index in [4.69, 9.17) is 10.6 Å². The van der Waals surface area contributed by atoms with E-state index in [2.05, 4.69) is 10.7 Å². The van der Waals surface area contributed by atoms with Crippen LogP contribution in [0.1, 0.15) is 23.2 Å². The van der Waals surface area contributed by atoms with E-state index >= 15 is 0 Å². The number of nitrogens with one attached hydrogen (secondary N) is 2. The maximum Gasteiger partial charge on any atom is 0.282 e. The molecule has 1 atom stereocenters. The summed E-state index contributed by atoms with van der Waals surface area (Å²) in [5.74, 6) is 5.03. The average molecular weight is 294 g/mol. The molecule has 1 fully saturated rings. The second kappa shape index (κ2) is 7.00. The van der Waals surface area contributed by atoms with Crippen LogP contribution in [0.3, 0.4) is 0 Å². The zero-order valence-corrected chi connectivity index (χ0v) is 11.5. The first kappa shape index (κ1) is 15.2. The number of nitrogens with zero attached hydrogens (tertiary/aromatic N) is 1. The lowest BCUT2D eigenvalue weighted by Crippen LogP contribution is -2.33. The van der Waals surface area contributed by atoms with E-state index in [1.807, 2.05) is 0 Å². The van der Waals surface area contributed by atoms with Gasteiger partial charge in [-0.2, -0.15) is 0 Å². The van der Waals surface area contributed by atoms with Crippen molar-refractivity contribution >= 4 is 17.3 Å². The van der Waals surface area contributed by atoms with Gasteiger partial charge in [0.15, 0.2) is 0 Å². The number of rotatable bonds is 5. The van der Waals surface area contributed by atoms with Gasteiger partial charge in [-0.3, -0.25) is 20.8 Å². The number of nitrogen functional groups attached to an aromatic ring is 1. The molecule has 4 N–H and O–H groups in total. The molecule has 1 saturated heterocycles. The molecule has 21 heavy (non-hydrogen) atoms. The monoisotopic (exact) mass is 294 g/mol. The van der Waals surface area contributed by atoms with Crippen LogP contribution in [-0.4, -0.2) is 30.6 Å². The van der Waals surface area contributed by atoms with Crippen molar-refractivity contribution in [3.8, 4) is 0 Å². The number of carbonyl (C=O) groups is 1. The molecule has 1 heterocycles. The number of nitro groups is 1. The predicted octanol–water partition coefficient (Wildman–Crippen LogP) is 1.04. The number of amides is 1. The highest BCUT2D eigenvalue weighted by atomic mass is 16.6. The van der Waals surface area contributed by atoms with Crippen molar-refractivity contribution < 1.29 is 14.5 Å². The molecule has 0 radical (unpaired) electrons. The molecule has 2 rings (SSSR count). The zero-order chi connectivity index (χ0) is 15.2. The summed E-state index contributed by atoms with van der Waals surface area (Å²) < 4.78 is 5.33. The van der Waals surface area contributed by atoms with Gasteiger partial charge in [0.2, 0.25) is 0 Å². The van der Waals surface area contributed by atoms with Crippen molar-refractivity contribution in [1.82, 2.24) is 5.32 Å². The van der Waals surface area contributed by atoms with E-state index < -0.39 is 10.8 Å². The maximum absolute atomic E-state index is 12.2. The number of hydrazine groups is 1. The number of nitrogens with two attached hydrogens (primary N) is 1. The Kier molecular flexibility index (Phi) is 5.07. The van der Waals surface area contributed by atoms with E-state index in [0.29, 0.717) is 18.8 Å². The number of hydrogen-bond donors (Lipinski definition) is 3. The fraction of sp³-hybridized carbons (Fsp3) is 0.462. The standard InChI is InChI=1S/C13H18N4O4/c14-16-10-3-4-12(17(19)20)11(6-10)13(18)15-7-9-2-1-5-21-8-9/h3-4,6,9,16H,1-2,5,7-8,14H2,(H,15,18). The Labute approximate surface area is 121 Å². The Morgan fingerprint density at radius 3 is 2.95 bits per heavy atom. The van der Waals surface area contributed by atoms with Crippen molar-refractivity contribution in [3.05, 3.63) is 33.9 Å². The summed E-state index contributed by atoms with van der Waals surface area (Å²) in [6.07, 6.45) is 1.94. The molecular formula is C13H18N4O4. The van der Waals surface area contributed by atoms with Crippen LogP contribution in [0.25, 0.3) is 0 Å². The quantitative estimate of drug-likeness (QED) is 0.424. The van der Waals surface area contributed by atoms with Crippen LogP contribution in [0.2, 0.25) is 0 Å². The highest BCUT2D eigenvalue weighted by Crippen LogP contribution is 2.22. The average Bonchev–Trinajstić information content (AvgIpc) is 2.52. The molecule has 1 amide bonds. The molecule has 0 bridgehead atoms. The Hall–Kier alpha value is -2.19. The molecule has 1 aliphatic heterocycles. The largest absolute Gasteiger partial charge is 0.381 e. The summed E-state index contributed by atoms with van der Waals surface area (Å²) >= 11 is 0. The van der Waals surface area contributed by atoms with E-state index in [-0.39, 0.29) is 17.2 Å². The SMILES string of the molecule is NNc1ccc([N+](=O)[O-])c(C(=O)NCC2CCCOC2)c1. The van der Waals surface area contributed by atoms with Gasteiger partial charge < -0.3 is 15.5 Å². The van der Waals surface area contributed by atoms with E-state index in [1.54, 1.807) is 0 Å². The lowest BCUT2D eigenvalue weighted by atomic mass is 10.0. The van der Waals surface area contributed by atoms with Crippen LogP contribution in [-0.2, 0) is 4.74 Å². The number of hydrogen-bond acceptors (Lipinski definition) is 6.